The first-order valence-electron chi connectivity index (χ1n) is 11.7. The van der Waals surface area contributed by atoms with E-state index in [-0.39, 0.29) is 19.1 Å². The van der Waals surface area contributed by atoms with Gasteiger partial charge in [-0.25, -0.2) is 4.79 Å². The first kappa shape index (κ1) is 26.0. The number of ether oxygens (including phenoxy) is 3. The van der Waals surface area contributed by atoms with Crippen LogP contribution in [0.2, 0.25) is 0 Å². The van der Waals surface area contributed by atoms with Gasteiger partial charge in [0.25, 0.3) is 5.91 Å². The molecule has 0 saturated carbocycles. The molecule has 0 bridgehead atoms. The van der Waals surface area contributed by atoms with Crippen molar-refractivity contribution in [3.05, 3.63) is 65.4 Å². The number of hydrogen-bond acceptors (Lipinski definition) is 6. The maximum absolute atomic E-state index is 12.9. The van der Waals surface area contributed by atoms with Crippen molar-refractivity contribution >= 4 is 34.9 Å². The van der Waals surface area contributed by atoms with Gasteiger partial charge in [0.15, 0.2) is 23.2 Å². The van der Waals surface area contributed by atoms with Crippen LogP contribution >= 0.6 is 12.2 Å². The number of thiocarbonyl (C=S) groups is 1. The third-order valence-electron chi connectivity index (χ3n) is 5.17. The number of allylic oxidation sites excluding steroid dienone is 1. The van der Waals surface area contributed by atoms with Crippen LogP contribution in [0.1, 0.15) is 45.2 Å². The molecule has 0 aromatic heterocycles. The molecule has 0 aliphatic carbocycles. The fourth-order valence-electron chi connectivity index (χ4n) is 3.72. The molecule has 0 spiro atoms. The molecule has 35 heavy (non-hydrogen) atoms. The zero-order valence-electron chi connectivity index (χ0n) is 20.2. The van der Waals surface area contributed by atoms with Gasteiger partial charge < -0.3 is 30.2 Å². The summed E-state index contributed by atoms with van der Waals surface area (Å²) in [5.74, 6) is 0.193. The molecule has 1 aliphatic heterocycles. The van der Waals surface area contributed by atoms with Gasteiger partial charge in [-0.15, -0.1) is 0 Å². The van der Waals surface area contributed by atoms with Crippen molar-refractivity contribution in [3.63, 3.8) is 0 Å². The van der Waals surface area contributed by atoms with Gasteiger partial charge in [-0.2, -0.15) is 0 Å². The predicted molar refractivity (Wildman–Crippen MR) is 138 cm³/mol. The van der Waals surface area contributed by atoms with Crippen LogP contribution in [0.5, 0.6) is 11.5 Å². The average Bonchev–Trinajstić information content (AvgIpc) is 2.84. The van der Waals surface area contributed by atoms with Crippen molar-refractivity contribution in [2.45, 2.75) is 39.7 Å². The molecule has 0 radical (unpaired) electrons. The lowest BCUT2D eigenvalue weighted by Crippen LogP contribution is -2.45. The van der Waals surface area contributed by atoms with Gasteiger partial charge in [0.1, 0.15) is 0 Å². The number of carbonyl (C=O) groups excluding carboxylic acids is 2. The van der Waals surface area contributed by atoms with Crippen LogP contribution in [0.4, 0.5) is 5.69 Å². The van der Waals surface area contributed by atoms with E-state index in [0.717, 1.165) is 17.7 Å². The molecular weight excluding hydrogens is 466 g/mol. The first-order chi connectivity index (χ1) is 17.0. The summed E-state index contributed by atoms with van der Waals surface area (Å²) < 4.78 is 16.9. The molecular formula is C26H31N3O5S. The second-order valence-corrected chi connectivity index (χ2v) is 8.14. The standard InChI is InChI=1S/C26H31N3O5S/c1-4-10-19-23(25(31)33-6-3)24(29-26(35)28-19)17-13-14-20(21(15-17)32-5-2)34-16-22(30)27-18-11-8-7-9-12-18/h7-9,11-15,24H,4-6,10,16H2,1-3H3,(H,27,30)(H2,28,29,35). The zero-order chi connectivity index (χ0) is 25.2. The van der Waals surface area contributed by atoms with E-state index in [0.29, 0.717) is 40.9 Å². The number of carbonyl (C=O) groups is 2. The third kappa shape index (κ3) is 6.95. The predicted octanol–water partition coefficient (Wildman–Crippen LogP) is 4.24. The van der Waals surface area contributed by atoms with E-state index in [1.165, 1.54) is 0 Å². The van der Waals surface area contributed by atoms with E-state index >= 15 is 0 Å². The van der Waals surface area contributed by atoms with E-state index in [1.807, 2.05) is 38.1 Å². The van der Waals surface area contributed by atoms with Crippen LogP contribution in [0.15, 0.2) is 59.8 Å². The summed E-state index contributed by atoms with van der Waals surface area (Å²) in [6.07, 6.45) is 1.49. The number of esters is 1. The van der Waals surface area contributed by atoms with Gasteiger partial charge in [0.05, 0.1) is 24.8 Å². The molecule has 1 unspecified atom stereocenters. The Kier molecular flexibility index (Phi) is 9.48. The molecule has 1 heterocycles. The molecule has 186 valence electrons. The van der Waals surface area contributed by atoms with Gasteiger partial charge in [-0.05, 0) is 62.3 Å². The Morgan fingerprint density at radius 1 is 1.00 bits per heavy atom. The van der Waals surface area contributed by atoms with E-state index in [1.54, 1.807) is 31.2 Å². The number of hydrogen-bond donors (Lipinski definition) is 3. The molecule has 1 atom stereocenters. The Morgan fingerprint density at radius 2 is 1.77 bits per heavy atom. The summed E-state index contributed by atoms with van der Waals surface area (Å²) in [5.41, 5.74) is 2.68. The molecule has 8 nitrogen and oxygen atoms in total. The van der Waals surface area contributed by atoms with Gasteiger partial charge in [-0.3, -0.25) is 4.79 Å². The summed E-state index contributed by atoms with van der Waals surface area (Å²) in [7, 11) is 0. The molecule has 0 saturated heterocycles. The van der Waals surface area contributed by atoms with Gasteiger partial charge >= 0.3 is 5.97 Å². The normalized spacial score (nSPS) is 15.1. The lowest BCUT2D eigenvalue weighted by atomic mass is 9.93. The zero-order valence-corrected chi connectivity index (χ0v) is 21.0. The van der Waals surface area contributed by atoms with Gasteiger partial charge in [0.2, 0.25) is 0 Å². The highest BCUT2D eigenvalue weighted by Crippen LogP contribution is 2.35. The summed E-state index contributed by atoms with van der Waals surface area (Å²) in [6.45, 7) is 6.15. The topological polar surface area (TPSA) is 97.9 Å². The number of anilines is 1. The molecule has 3 N–H and O–H groups in total. The van der Waals surface area contributed by atoms with Crippen molar-refractivity contribution in [2.75, 3.05) is 25.1 Å². The smallest absolute Gasteiger partial charge is 0.338 e. The van der Waals surface area contributed by atoms with Crippen LogP contribution < -0.4 is 25.4 Å². The van der Waals surface area contributed by atoms with E-state index < -0.39 is 12.0 Å². The Bertz CT molecular complexity index is 1090. The SMILES string of the molecule is CCCC1=C(C(=O)OCC)C(c2ccc(OCC(=O)Nc3ccccc3)c(OCC)c2)NC(=S)N1. The molecule has 0 fully saturated rings. The summed E-state index contributed by atoms with van der Waals surface area (Å²) in [4.78, 5) is 25.2. The highest BCUT2D eigenvalue weighted by molar-refractivity contribution is 7.80. The van der Waals surface area contributed by atoms with Crippen LogP contribution in [0.25, 0.3) is 0 Å². The van der Waals surface area contributed by atoms with E-state index in [4.69, 9.17) is 26.4 Å². The minimum atomic E-state index is -0.515. The summed E-state index contributed by atoms with van der Waals surface area (Å²) in [6, 6.07) is 14.0. The van der Waals surface area contributed by atoms with Crippen molar-refractivity contribution in [3.8, 4) is 11.5 Å². The van der Waals surface area contributed by atoms with Crippen LogP contribution in [-0.2, 0) is 14.3 Å². The number of amides is 1. The van der Waals surface area contributed by atoms with Crippen LogP contribution in [0, 0.1) is 0 Å². The Morgan fingerprint density at radius 3 is 2.46 bits per heavy atom. The third-order valence-corrected chi connectivity index (χ3v) is 5.39. The number of benzene rings is 2. The second kappa shape index (κ2) is 12.8. The minimum absolute atomic E-state index is 0.182. The molecule has 1 amide bonds. The largest absolute Gasteiger partial charge is 0.490 e. The maximum atomic E-state index is 12.9. The van der Waals surface area contributed by atoms with E-state index in [2.05, 4.69) is 16.0 Å². The summed E-state index contributed by atoms with van der Waals surface area (Å²) in [5, 5.41) is 9.50. The van der Waals surface area contributed by atoms with Crippen LogP contribution in [0.3, 0.4) is 0 Å². The minimum Gasteiger partial charge on any atom is -0.490 e. The van der Waals surface area contributed by atoms with Crippen molar-refractivity contribution in [2.24, 2.45) is 0 Å². The Balaban J connectivity index is 1.85. The highest BCUT2D eigenvalue weighted by Gasteiger charge is 2.32. The van der Waals surface area contributed by atoms with Crippen molar-refractivity contribution in [1.82, 2.24) is 10.6 Å². The number of para-hydroxylation sites is 1. The average molecular weight is 498 g/mol. The second-order valence-electron chi connectivity index (χ2n) is 7.74. The first-order valence-corrected chi connectivity index (χ1v) is 12.1. The summed E-state index contributed by atoms with van der Waals surface area (Å²) >= 11 is 5.40. The molecule has 3 rings (SSSR count). The van der Waals surface area contributed by atoms with Crippen LogP contribution in [-0.4, -0.2) is 36.8 Å². The lowest BCUT2D eigenvalue weighted by molar-refractivity contribution is -0.139. The Labute approximate surface area is 211 Å². The quantitative estimate of drug-likeness (QED) is 0.313. The Hall–Kier alpha value is -3.59. The van der Waals surface area contributed by atoms with Gasteiger partial charge in [0, 0.05) is 11.4 Å². The lowest BCUT2D eigenvalue weighted by Gasteiger charge is -2.31. The van der Waals surface area contributed by atoms with Crippen molar-refractivity contribution < 1.29 is 23.8 Å². The molecule has 2 aromatic carbocycles. The van der Waals surface area contributed by atoms with Crippen molar-refractivity contribution in [1.29, 1.82) is 0 Å². The van der Waals surface area contributed by atoms with E-state index in [9.17, 15) is 9.59 Å². The molecule has 9 heteroatoms. The highest BCUT2D eigenvalue weighted by atomic mass is 32.1. The molecule has 1 aliphatic rings. The number of rotatable bonds is 11. The maximum Gasteiger partial charge on any atom is 0.338 e. The van der Waals surface area contributed by atoms with Gasteiger partial charge in [-0.1, -0.05) is 37.6 Å². The number of nitrogens with one attached hydrogen (secondary N) is 3. The fourth-order valence-corrected chi connectivity index (χ4v) is 3.96. The molecule has 2 aromatic rings. The monoisotopic (exact) mass is 497 g/mol. The fraction of sp³-hybridized carbons (Fsp3) is 0.346.